The number of para-hydroxylation sites is 1. The van der Waals surface area contributed by atoms with Crippen LogP contribution in [0.15, 0.2) is 89.4 Å². The predicted molar refractivity (Wildman–Crippen MR) is 119 cm³/mol. The summed E-state index contributed by atoms with van der Waals surface area (Å²) in [7, 11) is 0.329. The molecule has 0 aliphatic heterocycles. The monoisotopic (exact) mass is 443 g/mol. The van der Waals surface area contributed by atoms with Gasteiger partial charge in [0.1, 0.15) is 13.1 Å². The van der Waals surface area contributed by atoms with E-state index in [0.717, 1.165) is 24.1 Å². The summed E-state index contributed by atoms with van der Waals surface area (Å²) in [6, 6.07) is 14.0. The molecule has 9 nitrogen and oxygen atoms in total. The number of aryl methyl sites for hydroxylation is 1. The van der Waals surface area contributed by atoms with E-state index in [4.69, 9.17) is 5.10 Å². The first kappa shape index (κ1) is 23.9. The molecule has 1 aromatic carbocycles. The van der Waals surface area contributed by atoms with Crippen molar-refractivity contribution in [1.82, 2.24) is 5.43 Å². The van der Waals surface area contributed by atoms with Gasteiger partial charge in [0.2, 0.25) is 10.4 Å². The highest BCUT2D eigenvalue weighted by molar-refractivity contribution is 7.80. The van der Waals surface area contributed by atoms with Crippen LogP contribution in [0.25, 0.3) is 0 Å². The van der Waals surface area contributed by atoms with E-state index < -0.39 is 10.4 Å². The first-order valence-electron chi connectivity index (χ1n) is 9.26. The van der Waals surface area contributed by atoms with Gasteiger partial charge in [0.05, 0.1) is 24.7 Å². The van der Waals surface area contributed by atoms with Crippen molar-refractivity contribution in [3.05, 3.63) is 84.7 Å². The topological polar surface area (TPSA) is 110 Å². The lowest BCUT2D eigenvalue weighted by Crippen LogP contribution is -2.33. The third-order valence-corrected chi connectivity index (χ3v) is 4.44. The summed E-state index contributed by atoms with van der Waals surface area (Å²) in [6.45, 7) is 0. The normalized spacial score (nSPS) is 16.8. The van der Waals surface area contributed by atoms with E-state index >= 15 is 0 Å². The maximum absolute atomic E-state index is 9.22. The molecule has 2 aromatic rings. The third kappa shape index (κ3) is 8.91. The van der Waals surface area contributed by atoms with Crippen molar-refractivity contribution in [3.8, 4) is 0 Å². The average molecular weight is 444 g/mol. The molecule has 1 atom stereocenters. The van der Waals surface area contributed by atoms with Crippen molar-refractivity contribution in [2.45, 2.75) is 6.04 Å². The highest BCUT2D eigenvalue weighted by Crippen LogP contribution is 2.13. The molecule has 1 aliphatic rings. The van der Waals surface area contributed by atoms with Gasteiger partial charge in [-0.2, -0.15) is 10.2 Å². The highest BCUT2D eigenvalue weighted by atomic mass is 32.3. The summed E-state index contributed by atoms with van der Waals surface area (Å²) in [4.78, 5) is 0. The lowest BCUT2D eigenvalue weighted by atomic mass is 10.1. The van der Waals surface area contributed by atoms with Crippen molar-refractivity contribution in [3.63, 3.8) is 0 Å². The zero-order valence-electron chi connectivity index (χ0n) is 17.5. The molecule has 0 fully saturated rings. The van der Waals surface area contributed by atoms with Gasteiger partial charge in [0.25, 0.3) is 0 Å². The third-order valence-electron chi connectivity index (χ3n) is 4.03. The summed E-state index contributed by atoms with van der Waals surface area (Å²) in [5.41, 5.74) is 6.15. The van der Waals surface area contributed by atoms with Crippen LogP contribution in [-0.4, -0.2) is 45.1 Å². The molecular formula is C21H25N5O4S. The number of aromatic nitrogens is 1. The van der Waals surface area contributed by atoms with E-state index in [2.05, 4.69) is 14.7 Å². The Labute approximate surface area is 182 Å². The largest absolute Gasteiger partial charge is 0.726 e. The van der Waals surface area contributed by atoms with E-state index in [1.54, 1.807) is 0 Å². The molecule has 0 radical (unpaired) electrons. The summed E-state index contributed by atoms with van der Waals surface area (Å²) in [6.07, 6.45) is 13.8. The Morgan fingerprint density at radius 2 is 1.81 bits per heavy atom. The average Bonchev–Trinajstić information content (AvgIpc) is 2.77. The number of anilines is 1. The fourth-order valence-corrected chi connectivity index (χ4v) is 2.40. The fourth-order valence-electron chi connectivity index (χ4n) is 2.40. The summed E-state index contributed by atoms with van der Waals surface area (Å²) < 4.78 is 33.0. The van der Waals surface area contributed by atoms with Crippen LogP contribution in [0.4, 0.5) is 5.69 Å². The van der Waals surface area contributed by atoms with Crippen molar-refractivity contribution in [2.75, 3.05) is 19.2 Å². The Morgan fingerprint density at radius 3 is 2.42 bits per heavy atom. The molecule has 0 saturated carbocycles. The first-order valence-corrected chi connectivity index (χ1v) is 10.6. The number of allylic oxidation sites excluding steroid dienone is 2. The Balaban J connectivity index is 0.000000501. The van der Waals surface area contributed by atoms with Gasteiger partial charge < -0.3 is 4.55 Å². The van der Waals surface area contributed by atoms with Crippen LogP contribution in [0, 0.1) is 0 Å². The van der Waals surface area contributed by atoms with Crippen LogP contribution >= 0.6 is 0 Å². The minimum atomic E-state index is -4.41. The SMILES string of the molecule is CN(N=C1C=CC=CC1NN=Cc1cc[n+](C)cc1)c1ccccc1.COS(=O)(=O)[O-]. The number of benzene rings is 1. The van der Waals surface area contributed by atoms with Gasteiger partial charge in [-0.05, 0) is 18.2 Å². The second-order valence-electron chi connectivity index (χ2n) is 6.36. The molecule has 1 N–H and O–H groups in total. The van der Waals surface area contributed by atoms with Gasteiger partial charge in [-0.15, -0.1) is 0 Å². The molecule has 1 aromatic heterocycles. The Hall–Kier alpha value is -3.34. The predicted octanol–water partition coefficient (Wildman–Crippen LogP) is 1.51. The summed E-state index contributed by atoms with van der Waals surface area (Å²) in [5, 5.41) is 10.9. The molecule has 0 saturated heterocycles. The molecule has 164 valence electrons. The number of hydrazone groups is 2. The highest BCUT2D eigenvalue weighted by Gasteiger charge is 2.13. The van der Waals surface area contributed by atoms with Crippen LogP contribution in [0.1, 0.15) is 5.56 Å². The number of rotatable bonds is 6. The van der Waals surface area contributed by atoms with E-state index in [0.29, 0.717) is 0 Å². The quantitative estimate of drug-likeness (QED) is 0.238. The smallest absolute Gasteiger partial charge is 0.217 e. The number of nitrogens with zero attached hydrogens (tertiary/aromatic N) is 4. The van der Waals surface area contributed by atoms with Crippen LogP contribution in [0.5, 0.6) is 0 Å². The maximum Gasteiger partial charge on any atom is 0.217 e. The second kappa shape index (κ2) is 11.7. The molecule has 0 bridgehead atoms. The summed E-state index contributed by atoms with van der Waals surface area (Å²) >= 11 is 0. The minimum absolute atomic E-state index is 0.0627. The number of hydrogen-bond acceptors (Lipinski definition) is 8. The Bertz CT molecular complexity index is 1050. The van der Waals surface area contributed by atoms with Crippen LogP contribution in [0.2, 0.25) is 0 Å². The molecule has 31 heavy (non-hydrogen) atoms. The minimum Gasteiger partial charge on any atom is -0.726 e. The first-order chi connectivity index (χ1) is 14.8. The number of nitrogens with one attached hydrogen (secondary N) is 1. The van der Waals surface area contributed by atoms with Crippen molar-refractivity contribution < 1.29 is 21.7 Å². The van der Waals surface area contributed by atoms with Crippen molar-refractivity contribution in [2.24, 2.45) is 17.3 Å². The van der Waals surface area contributed by atoms with Gasteiger partial charge >= 0.3 is 0 Å². The standard InChI is InChI=1S/C20H21N5.CH4O4S/c1-24-14-12-17(13-15-24)16-21-22-19-10-6-7-11-20(19)23-25(2)18-8-4-3-5-9-18;1-5-6(2,3)4/h3-16,19H,1-2H3;1H3,(H,2,3,4). The molecule has 0 spiro atoms. The molecule has 0 amide bonds. The molecular weight excluding hydrogens is 418 g/mol. The zero-order chi connectivity index (χ0) is 22.7. The van der Waals surface area contributed by atoms with Gasteiger partial charge in [0, 0.05) is 24.7 Å². The van der Waals surface area contributed by atoms with E-state index in [1.165, 1.54) is 0 Å². The van der Waals surface area contributed by atoms with Gasteiger partial charge in [-0.1, -0.05) is 36.4 Å². The molecule has 3 rings (SSSR count). The molecule has 10 heteroatoms. The Morgan fingerprint density at radius 1 is 1.16 bits per heavy atom. The molecule has 1 unspecified atom stereocenters. The maximum atomic E-state index is 9.22. The number of hydrogen-bond donors (Lipinski definition) is 1. The molecule has 1 heterocycles. The van der Waals surface area contributed by atoms with Crippen LogP contribution in [0.3, 0.4) is 0 Å². The van der Waals surface area contributed by atoms with Gasteiger partial charge in [-0.25, -0.2) is 13.0 Å². The lowest BCUT2D eigenvalue weighted by Gasteiger charge is -2.19. The zero-order valence-corrected chi connectivity index (χ0v) is 18.3. The van der Waals surface area contributed by atoms with E-state index in [-0.39, 0.29) is 6.04 Å². The Kier molecular flexibility index (Phi) is 9.07. The second-order valence-corrected chi connectivity index (χ2v) is 7.51. The van der Waals surface area contributed by atoms with Gasteiger partial charge in [0.15, 0.2) is 12.4 Å². The van der Waals surface area contributed by atoms with E-state index in [9.17, 15) is 13.0 Å². The van der Waals surface area contributed by atoms with Crippen molar-refractivity contribution >= 4 is 28.0 Å². The van der Waals surface area contributed by atoms with Crippen LogP contribution < -0.4 is 15.0 Å². The lowest BCUT2D eigenvalue weighted by molar-refractivity contribution is -0.671. The van der Waals surface area contributed by atoms with Crippen LogP contribution in [-0.2, 0) is 21.6 Å². The fraction of sp³-hybridized carbons (Fsp3) is 0.190. The summed E-state index contributed by atoms with van der Waals surface area (Å²) in [5.74, 6) is 0. The van der Waals surface area contributed by atoms with E-state index in [1.807, 2.05) is 109 Å². The van der Waals surface area contributed by atoms with Gasteiger partial charge in [-0.3, -0.25) is 14.6 Å². The number of pyridine rings is 1. The molecule has 1 aliphatic carbocycles. The van der Waals surface area contributed by atoms with Crippen molar-refractivity contribution in [1.29, 1.82) is 0 Å².